The van der Waals surface area contributed by atoms with Crippen molar-refractivity contribution in [3.05, 3.63) is 45.9 Å². The van der Waals surface area contributed by atoms with Gasteiger partial charge in [-0.25, -0.2) is 4.98 Å². The molecule has 4 nitrogen and oxygen atoms in total. The summed E-state index contributed by atoms with van der Waals surface area (Å²) in [6.07, 6.45) is 1.68. The lowest BCUT2D eigenvalue weighted by Gasteiger charge is -2.05. The van der Waals surface area contributed by atoms with Crippen LogP contribution in [0.5, 0.6) is 5.75 Å². The highest BCUT2D eigenvalue weighted by atomic mass is 32.1. The van der Waals surface area contributed by atoms with Gasteiger partial charge < -0.3 is 9.84 Å². The SMILES string of the molecule is Cc1ccc(OCCCc2nc(CC(=O)O)cs2)cc1. The van der Waals surface area contributed by atoms with E-state index in [9.17, 15) is 4.79 Å². The van der Waals surface area contributed by atoms with Crippen molar-refractivity contribution in [2.24, 2.45) is 0 Å². The largest absolute Gasteiger partial charge is 0.494 e. The number of benzene rings is 1. The number of thiazole rings is 1. The fourth-order valence-corrected chi connectivity index (χ4v) is 2.59. The highest BCUT2D eigenvalue weighted by Crippen LogP contribution is 2.14. The predicted octanol–water partition coefficient (Wildman–Crippen LogP) is 3.09. The molecule has 1 aromatic heterocycles. The van der Waals surface area contributed by atoms with Crippen LogP contribution < -0.4 is 4.74 Å². The number of rotatable bonds is 7. The van der Waals surface area contributed by atoms with Crippen molar-refractivity contribution < 1.29 is 14.6 Å². The number of aryl methyl sites for hydroxylation is 2. The molecule has 0 aliphatic carbocycles. The number of nitrogens with zero attached hydrogens (tertiary/aromatic N) is 1. The van der Waals surface area contributed by atoms with E-state index in [1.165, 1.54) is 16.9 Å². The fourth-order valence-electron chi connectivity index (χ4n) is 1.75. The molecule has 2 rings (SSSR count). The summed E-state index contributed by atoms with van der Waals surface area (Å²) in [6.45, 7) is 2.68. The van der Waals surface area contributed by atoms with Gasteiger partial charge in [0.25, 0.3) is 0 Å². The van der Waals surface area contributed by atoms with Crippen molar-refractivity contribution in [1.82, 2.24) is 4.98 Å². The first-order valence-electron chi connectivity index (χ1n) is 6.48. The smallest absolute Gasteiger partial charge is 0.309 e. The number of hydrogen-bond acceptors (Lipinski definition) is 4. The number of hydrogen-bond donors (Lipinski definition) is 1. The zero-order valence-corrected chi connectivity index (χ0v) is 12.2. The Kier molecular flexibility index (Phi) is 5.12. The molecule has 0 aliphatic rings. The van der Waals surface area contributed by atoms with Gasteiger partial charge in [0.2, 0.25) is 0 Å². The van der Waals surface area contributed by atoms with E-state index in [0.717, 1.165) is 23.6 Å². The molecule has 5 heteroatoms. The van der Waals surface area contributed by atoms with E-state index < -0.39 is 5.97 Å². The Morgan fingerprint density at radius 3 is 2.80 bits per heavy atom. The van der Waals surface area contributed by atoms with Gasteiger partial charge in [-0.05, 0) is 25.5 Å². The molecule has 0 fully saturated rings. The Bertz CT molecular complexity index is 563. The molecule has 0 unspecified atom stereocenters. The quantitative estimate of drug-likeness (QED) is 0.796. The number of carbonyl (C=O) groups is 1. The summed E-state index contributed by atoms with van der Waals surface area (Å²) < 4.78 is 5.64. The second-order valence-corrected chi connectivity index (χ2v) is 5.51. The summed E-state index contributed by atoms with van der Waals surface area (Å²) in [4.78, 5) is 14.9. The van der Waals surface area contributed by atoms with Crippen molar-refractivity contribution >= 4 is 17.3 Å². The first-order valence-corrected chi connectivity index (χ1v) is 7.36. The normalized spacial score (nSPS) is 10.4. The van der Waals surface area contributed by atoms with Crippen molar-refractivity contribution in [1.29, 1.82) is 0 Å². The molecule has 1 N–H and O–H groups in total. The lowest BCUT2D eigenvalue weighted by molar-refractivity contribution is -0.136. The third-order valence-corrected chi connectivity index (χ3v) is 3.71. The molecule has 0 amide bonds. The number of carboxylic acid groups (broad SMARTS) is 1. The average Bonchev–Trinajstić information content (AvgIpc) is 2.83. The maximum Gasteiger partial charge on any atom is 0.309 e. The van der Waals surface area contributed by atoms with Gasteiger partial charge in [0.05, 0.1) is 23.7 Å². The summed E-state index contributed by atoms with van der Waals surface area (Å²) in [5.74, 6) is 0.0332. The molecule has 0 atom stereocenters. The zero-order valence-electron chi connectivity index (χ0n) is 11.3. The van der Waals surface area contributed by atoms with Crippen LogP contribution in [0.25, 0.3) is 0 Å². The van der Waals surface area contributed by atoms with Crippen molar-refractivity contribution in [3.8, 4) is 5.75 Å². The minimum Gasteiger partial charge on any atom is -0.494 e. The molecule has 20 heavy (non-hydrogen) atoms. The van der Waals surface area contributed by atoms with E-state index in [1.807, 2.05) is 36.6 Å². The Balaban J connectivity index is 1.71. The number of aromatic nitrogens is 1. The van der Waals surface area contributed by atoms with Crippen LogP contribution in [-0.4, -0.2) is 22.7 Å². The van der Waals surface area contributed by atoms with Crippen LogP contribution in [0.2, 0.25) is 0 Å². The molecule has 0 spiro atoms. The molecule has 1 aromatic carbocycles. The third-order valence-electron chi connectivity index (χ3n) is 2.76. The lowest BCUT2D eigenvalue weighted by atomic mass is 10.2. The van der Waals surface area contributed by atoms with Gasteiger partial charge in [0.15, 0.2) is 0 Å². The summed E-state index contributed by atoms with van der Waals surface area (Å²) in [6, 6.07) is 7.97. The molecule has 0 radical (unpaired) electrons. The predicted molar refractivity (Wildman–Crippen MR) is 78.4 cm³/mol. The van der Waals surface area contributed by atoms with Gasteiger partial charge in [-0.1, -0.05) is 17.7 Å². The second kappa shape index (κ2) is 7.05. The fraction of sp³-hybridized carbons (Fsp3) is 0.333. The molecule has 0 saturated carbocycles. The molecule has 0 bridgehead atoms. The Morgan fingerprint density at radius 2 is 2.10 bits per heavy atom. The maximum absolute atomic E-state index is 10.6. The summed E-state index contributed by atoms with van der Waals surface area (Å²) >= 11 is 1.51. The Labute approximate surface area is 122 Å². The Morgan fingerprint density at radius 1 is 1.35 bits per heavy atom. The van der Waals surface area contributed by atoms with Crippen LogP contribution in [0.4, 0.5) is 0 Å². The maximum atomic E-state index is 10.6. The number of carboxylic acids is 1. The van der Waals surface area contributed by atoms with E-state index >= 15 is 0 Å². The highest BCUT2D eigenvalue weighted by Gasteiger charge is 2.06. The van der Waals surface area contributed by atoms with E-state index in [4.69, 9.17) is 9.84 Å². The van der Waals surface area contributed by atoms with Gasteiger partial charge in [-0.3, -0.25) is 4.79 Å². The van der Waals surface area contributed by atoms with Crippen LogP contribution in [0, 0.1) is 6.92 Å². The summed E-state index contributed by atoms with van der Waals surface area (Å²) in [5, 5.41) is 11.5. The molecule has 106 valence electrons. The van der Waals surface area contributed by atoms with Crippen LogP contribution in [0.15, 0.2) is 29.6 Å². The molecular weight excluding hydrogens is 274 g/mol. The van der Waals surface area contributed by atoms with E-state index in [1.54, 1.807) is 0 Å². The Hall–Kier alpha value is -1.88. The monoisotopic (exact) mass is 291 g/mol. The average molecular weight is 291 g/mol. The summed E-state index contributed by atoms with van der Waals surface area (Å²) in [7, 11) is 0. The van der Waals surface area contributed by atoms with E-state index in [2.05, 4.69) is 4.98 Å². The first kappa shape index (κ1) is 14.5. The summed E-state index contributed by atoms with van der Waals surface area (Å²) in [5.41, 5.74) is 1.85. The minimum atomic E-state index is -0.843. The van der Waals surface area contributed by atoms with Gasteiger partial charge in [0, 0.05) is 11.8 Å². The van der Waals surface area contributed by atoms with E-state index in [0.29, 0.717) is 12.3 Å². The molecule has 1 heterocycles. The van der Waals surface area contributed by atoms with Crippen LogP contribution >= 0.6 is 11.3 Å². The second-order valence-electron chi connectivity index (χ2n) is 4.57. The first-order chi connectivity index (χ1) is 9.63. The van der Waals surface area contributed by atoms with Gasteiger partial charge >= 0.3 is 5.97 Å². The topological polar surface area (TPSA) is 59.4 Å². The van der Waals surface area contributed by atoms with Crippen LogP contribution in [-0.2, 0) is 17.6 Å². The highest BCUT2D eigenvalue weighted by molar-refractivity contribution is 7.09. The van der Waals surface area contributed by atoms with Crippen LogP contribution in [0.1, 0.15) is 22.7 Å². The molecular formula is C15H17NO3S. The van der Waals surface area contributed by atoms with E-state index in [-0.39, 0.29) is 6.42 Å². The van der Waals surface area contributed by atoms with Crippen LogP contribution in [0.3, 0.4) is 0 Å². The third kappa shape index (κ3) is 4.66. The van der Waals surface area contributed by atoms with Crippen molar-refractivity contribution in [2.75, 3.05) is 6.61 Å². The standard InChI is InChI=1S/C15H17NO3S/c1-11-4-6-13(7-5-11)19-8-2-3-14-16-12(10-20-14)9-15(17)18/h4-7,10H,2-3,8-9H2,1H3,(H,17,18). The molecule has 0 saturated heterocycles. The van der Waals surface area contributed by atoms with Gasteiger partial charge in [-0.15, -0.1) is 11.3 Å². The van der Waals surface area contributed by atoms with Gasteiger partial charge in [0.1, 0.15) is 5.75 Å². The molecule has 2 aromatic rings. The molecule has 0 aliphatic heterocycles. The zero-order chi connectivity index (χ0) is 14.4. The van der Waals surface area contributed by atoms with Crippen molar-refractivity contribution in [3.63, 3.8) is 0 Å². The number of ether oxygens (including phenoxy) is 1. The number of aliphatic carboxylic acids is 1. The minimum absolute atomic E-state index is 0.00360. The van der Waals surface area contributed by atoms with Crippen molar-refractivity contribution in [2.45, 2.75) is 26.2 Å². The van der Waals surface area contributed by atoms with Gasteiger partial charge in [-0.2, -0.15) is 0 Å². The lowest BCUT2D eigenvalue weighted by Crippen LogP contribution is -2.01.